The Balaban J connectivity index is 1.77. The number of H-pyrrole nitrogens is 1. The molecule has 1 aliphatic rings. The van der Waals surface area contributed by atoms with Crippen molar-refractivity contribution in [1.82, 2.24) is 14.6 Å². The number of aromatic amines is 1. The lowest BCUT2D eigenvalue weighted by molar-refractivity contribution is -0.149. The van der Waals surface area contributed by atoms with Gasteiger partial charge in [-0.05, 0) is 52.0 Å². The zero-order valence-electron chi connectivity index (χ0n) is 20.1. The first kappa shape index (κ1) is 28.5. The number of para-hydroxylation sites is 1. The van der Waals surface area contributed by atoms with E-state index in [1.807, 2.05) is 0 Å². The van der Waals surface area contributed by atoms with E-state index in [9.17, 15) is 19.3 Å². The maximum absolute atomic E-state index is 13.6. The molecule has 2 aromatic rings. The molecular formula is C22H29ClN3O8PS. The molecule has 3 N–H and O–H groups in total. The van der Waals surface area contributed by atoms with Gasteiger partial charge in [0, 0.05) is 11.8 Å². The van der Waals surface area contributed by atoms with E-state index >= 15 is 0 Å². The fraction of sp³-hybridized carbons (Fsp3) is 0.500. The Morgan fingerprint density at radius 2 is 2.00 bits per heavy atom. The molecule has 14 heteroatoms. The number of aliphatic hydroxyl groups excluding tert-OH is 1. The number of nitrogens with zero attached hydrogens (tertiary/aromatic N) is 1. The van der Waals surface area contributed by atoms with E-state index in [0.29, 0.717) is 5.56 Å². The number of ether oxygens (including phenoxy) is 2. The van der Waals surface area contributed by atoms with E-state index in [4.69, 9.17) is 42.3 Å². The minimum atomic E-state index is -4.17. The van der Waals surface area contributed by atoms with Gasteiger partial charge in [0.15, 0.2) is 11.0 Å². The number of nitrogens with one attached hydrogen (secondary N) is 2. The van der Waals surface area contributed by atoms with Crippen LogP contribution in [0.1, 0.15) is 32.6 Å². The highest BCUT2D eigenvalue weighted by Crippen LogP contribution is 2.46. The van der Waals surface area contributed by atoms with E-state index in [2.05, 4.69) is 10.1 Å². The van der Waals surface area contributed by atoms with E-state index in [1.165, 1.54) is 17.7 Å². The fourth-order valence-electron chi connectivity index (χ4n) is 3.35. The van der Waals surface area contributed by atoms with Crippen molar-refractivity contribution in [3.63, 3.8) is 0 Å². The maximum Gasteiger partial charge on any atom is 0.459 e. The summed E-state index contributed by atoms with van der Waals surface area (Å²) < 4.78 is 37.3. The molecule has 3 rings (SSSR count). The van der Waals surface area contributed by atoms with Gasteiger partial charge in [-0.3, -0.25) is 23.7 Å². The van der Waals surface area contributed by atoms with Crippen molar-refractivity contribution >= 4 is 37.5 Å². The van der Waals surface area contributed by atoms with Crippen LogP contribution in [-0.4, -0.2) is 57.0 Å². The minimum absolute atomic E-state index is 0.0623. The van der Waals surface area contributed by atoms with Gasteiger partial charge in [-0.25, -0.2) is 4.57 Å². The smallest absolute Gasteiger partial charge is 0.459 e. The molecule has 0 bridgehead atoms. The molecule has 0 radical (unpaired) electrons. The summed E-state index contributed by atoms with van der Waals surface area (Å²) in [5, 5.41) is 12.3. The minimum Gasteiger partial charge on any atom is -0.462 e. The number of rotatable bonds is 10. The molecule has 6 atom stereocenters. The SMILES string of the molecule is Cc1cn([C@H]2O[C@@H](COP(=O)(N[C@@H](C)C(=O)OC(C)C)Oc3ccccc3)C(O)[C@H]2Cl)c(=S)[nH]c1=O. The first-order valence-corrected chi connectivity index (χ1v) is 13.6. The third kappa shape index (κ3) is 7.04. The monoisotopic (exact) mass is 561 g/mol. The normalized spacial score (nSPS) is 24.3. The molecule has 1 aromatic carbocycles. The molecule has 1 aromatic heterocycles. The van der Waals surface area contributed by atoms with Crippen LogP contribution in [0, 0.1) is 11.7 Å². The number of esters is 1. The van der Waals surface area contributed by atoms with Crippen molar-refractivity contribution < 1.29 is 33.0 Å². The van der Waals surface area contributed by atoms with E-state index in [-0.39, 0.29) is 22.2 Å². The van der Waals surface area contributed by atoms with Crippen LogP contribution in [0.4, 0.5) is 0 Å². The summed E-state index contributed by atoms with van der Waals surface area (Å²) in [4.78, 5) is 26.6. The Kier molecular flexibility index (Phi) is 9.50. The lowest BCUT2D eigenvalue weighted by atomic mass is 10.2. The Bertz CT molecular complexity index is 1220. The third-order valence-corrected chi connectivity index (χ3v) is 7.58. The van der Waals surface area contributed by atoms with E-state index in [1.54, 1.807) is 51.1 Å². The van der Waals surface area contributed by atoms with E-state index in [0.717, 1.165) is 0 Å². The van der Waals surface area contributed by atoms with Crippen molar-refractivity contribution in [3.05, 3.63) is 57.2 Å². The van der Waals surface area contributed by atoms with Gasteiger partial charge in [0.1, 0.15) is 29.4 Å². The number of aryl methyl sites for hydroxylation is 1. The Morgan fingerprint density at radius 1 is 1.33 bits per heavy atom. The lowest BCUT2D eigenvalue weighted by Gasteiger charge is -2.25. The highest BCUT2D eigenvalue weighted by Gasteiger charge is 2.45. The molecule has 11 nitrogen and oxygen atoms in total. The number of benzene rings is 1. The van der Waals surface area contributed by atoms with Crippen LogP contribution in [0.5, 0.6) is 5.75 Å². The quantitative estimate of drug-likeness (QED) is 0.171. The molecule has 0 amide bonds. The van der Waals surface area contributed by atoms with Crippen molar-refractivity contribution in [2.75, 3.05) is 6.61 Å². The number of carbonyl (C=O) groups is 1. The summed E-state index contributed by atoms with van der Waals surface area (Å²) in [6.07, 6.45) is -2.09. The largest absolute Gasteiger partial charge is 0.462 e. The molecular weight excluding hydrogens is 533 g/mol. The molecule has 0 aliphatic carbocycles. The molecule has 36 heavy (non-hydrogen) atoms. The van der Waals surface area contributed by atoms with Crippen LogP contribution < -0.4 is 15.2 Å². The topological polar surface area (TPSA) is 141 Å². The van der Waals surface area contributed by atoms with Crippen LogP contribution >= 0.6 is 31.6 Å². The van der Waals surface area contributed by atoms with Gasteiger partial charge >= 0.3 is 13.7 Å². The highest BCUT2D eigenvalue weighted by atomic mass is 35.5. The zero-order valence-corrected chi connectivity index (χ0v) is 22.6. The average Bonchev–Trinajstić information content (AvgIpc) is 3.08. The van der Waals surface area contributed by atoms with Crippen LogP contribution in [0.2, 0.25) is 0 Å². The summed E-state index contributed by atoms with van der Waals surface area (Å²) in [5.41, 5.74) is 0.0217. The lowest BCUT2D eigenvalue weighted by Crippen LogP contribution is -2.37. The molecule has 2 heterocycles. The predicted octanol–water partition coefficient (Wildman–Crippen LogP) is 3.21. The summed E-state index contributed by atoms with van der Waals surface area (Å²) in [6, 6.07) is 7.22. The van der Waals surface area contributed by atoms with Crippen LogP contribution in [0.25, 0.3) is 0 Å². The van der Waals surface area contributed by atoms with Crippen molar-refractivity contribution in [2.24, 2.45) is 0 Å². The van der Waals surface area contributed by atoms with Crippen LogP contribution in [0.15, 0.2) is 41.3 Å². The number of aliphatic hydroxyl groups is 1. The van der Waals surface area contributed by atoms with Gasteiger partial charge in [0.25, 0.3) is 5.56 Å². The number of halogens is 1. The zero-order chi connectivity index (χ0) is 26.6. The van der Waals surface area contributed by atoms with E-state index < -0.39 is 50.2 Å². The number of hydrogen-bond donors (Lipinski definition) is 3. The van der Waals surface area contributed by atoms with Gasteiger partial charge in [-0.1, -0.05) is 18.2 Å². The molecule has 198 valence electrons. The second-order valence-corrected chi connectivity index (χ2v) is 11.1. The van der Waals surface area contributed by atoms with Crippen molar-refractivity contribution in [1.29, 1.82) is 0 Å². The van der Waals surface area contributed by atoms with Gasteiger partial charge in [-0.15, -0.1) is 11.6 Å². The molecule has 1 saturated heterocycles. The number of alkyl halides is 1. The number of hydrogen-bond acceptors (Lipinski definition) is 9. The first-order valence-electron chi connectivity index (χ1n) is 11.2. The fourth-order valence-corrected chi connectivity index (χ4v) is 5.44. The Labute approximate surface area is 218 Å². The standard InChI is InChI=1S/C22H29ClN3O8PS/c1-12(2)32-21(29)14(4)25-35(30,34-15-8-6-5-7-9-15)31-11-16-18(27)17(23)20(33-16)26-10-13(3)19(28)24-22(26)36/h5-10,12,14,16-18,20,27H,11H2,1-4H3,(H,25,30)(H,24,28,36)/t14-,16-,17+,18?,20-,35?/m0/s1. The summed E-state index contributed by atoms with van der Waals surface area (Å²) in [5.74, 6) is -0.417. The second kappa shape index (κ2) is 12.0. The summed E-state index contributed by atoms with van der Waals surface area (Å²) in [6.45, 7) is 6.03. The molecule has 0 saturated carbocycles. The summed E-state index contributed by atoms with van der Waals surface area (Å²) >= 11 is 11.6. The van der Waals surface area contributed by atoms with Gasteiger partial charge < -0.3 is 19.1 Å². The van der Waals surface area contributed by atoms with Crippen molar-refractivity contribution in [2.45, 2.75) is 63.7 Å². The summed E-state index contributed by atoms with van der Waals surface area (Å²) in [7, 11) is -4.17. The molecule has 2 unspecified atom stereocenters. The van der Waals surface area contributed by atoms with Crippen molar-refractivity contribution in [3.8, 4) is 5.75 Å². The molecule has 0 spiro atoms. The Morgan fingerprint density at radius 3 is 2.64 bits per heavy atom. The van der Waals surface area contributed by atoms with Gasteiger partial charge in [0.05, 0.1) is 12.7 Å². The number of carbonyl (C=O) groups excluding carboxylic acids is 1. The van der Waals surface area contributed by atoms with Crippen LogP contribution in [0.3, 0.4) is 0 Å². The van der Waals surface area contributed by atoms with Crippen LogP contribution in [-0.2, 0) is 23.4 Å². The second-order valence-electron chi connectivity index (χ2n) is 8.51. The first-order chi connectivity index (χ1) is 16.9. The highest BCUT2D eigenvalue weighted by molar-refractivity contribution is 7.71. The predicted molar refractivity (Wildman–Crippen MR) is 135 cm³/mol. The average molecular weight is 562 g/mol. The molecule has 1 aliphatic heterocycles. The third-order valence-electron chi connectivity index (χ3n) is 5.15. The Hall–Kier alpha value is -2.05. The van der Waals surface area contributed by atoms with Gasteiger partial charge in [-0.2, -0.15) is 5.09 Å². The van der Waals surface area contributed by atoms with Gasteiger partial charge in [0.2, 0.25) is 0 Å². The maximum atomic E-state index is 13.6. The molecule has 1 fully saturated rings. The number of aromatic nitrogens is 2.